The maximum absolute atomic E-state index is 12.9. The first-order valence-electron chi connectivity index (χ1n) is 5.12. The highest BCUT2D eigenvalue weighted by Crippen LogP contribution is 2.27. The third kappa shape index (κ3) is 3.21. The van der Waals surface area contributed by atoms with Crippen LogP contribution in [0.5, 0.6) is 0 Å². The van der Waals surface area contributed by atoms with E-state index in [1.54, 1.807) is 13.2 Å². The normalized spacial score (nSPS) is 17.3. The molecule has 0 aliphatic carbocycles. The third-order valence-corrected chi connectivity index (χ3v) is 5.03. The number of rotatable bonds is 3. The van der Waals surface area contributed by atoms with Gasteiger partial charge in [0, 0.05) is 26.4 Å². The van der Waals surface area contributed by atoms with E-state index in [1.165, 1.54) is 25.4 Å². The lowest BCUT2D eigenvalue weighted by atomic mass is 10.1. The molecule has 0 radical (unpaired) electrons. The Balaban J connectivity index is 3.09. The lowest BCUT2D eigenvalue weighted by Crippen LogP contribution is -2.12. The molecule has 0 aromatic carbocycles. The van der Waals surface area contributed by atoms with Gasteiger partial charge in [0.05, 0.1) is 15.0 Å². The van der Waals surface area contributed by atoms with Gasteiger partial charge in [-0.3, -0.25) is 4.98 Å². The van der Waals surface area contributed by atoms with Crippen molar-refractivity contribution < 1.29 is 13.0 Å². The van der Waals surface area contributed by atoms with E-state index in [2.05, 4.69) is 9.35 Å². The van der Waals surface area contributed by atoms with E-state index >= 15 is 0 Å². The number of aromatic nitrogens is 1. The molecule has 0 aliphatic heterocycles. The van der Waals surface area contributed by atoms with E-state index in [0.29, 0.717) is 5.56 Å². The lowest BCUT2D eigenvalue weighted by molar-refractivity contribution is 0.0127. The van der Waals surface area contributed by atoms with Gasteiger partial charge in [-0.1, -0.05) is 6.07 Å². The van der Waals surface area contributed by atoms with Gasteiger partial charge in [0.15, 0.2) is 0 Å². The Bertz CT molecular complexity index is 499. The van der Waals surface area contributed by atoms with E-state index in [1.807, 2.05) is 0 Å². The van der Waals surface area contributed by atoms with Gasteiger partial charge >= 0.3 is 0 Å². The molecule has 2 atom stereocenters. The average molecular weight is 262 g/mol. The van der Waals surface area contributed by atoms with Crippen molar-refractivity contribution in [2.75, 3.05) is 13.3 Å². The zero-order valence-corrected chi connectivity index (χ0v) is 11.1. The fourth-order valence-corrected chi connectivity index (χ4v) is 2.28. The molecule has 96 valence electrons. The van der Waals surface area contributed by atoms with E-state index in [0.717, 1.165) is 6.92 Å². The summed E-state index contributed by atoms with van der Waals surface area (Å²) in [6.45, 7) is 2.54. The van der Waals surface area contributed by atoms with Crippen LogP contribution in [0.4, 0.5) is 8.78 Å². The Morgan fingerprint density at radius 1 is 1.47 bits per heavy atom. The van der Waals surface area contributed by atoms with Crippen molar-refractivity contribution in [3.63, 3.8) is 0 Å². The van der Waals surface area contributed by atoms with Crippen molar-refractivity contribution in [3.05, 3.63) is 29.6 Å². The molecule has 17 heavy (non-hydrogen) atoms. The van der Waals surface area contributed by atoms with Gasteiger partial charge in [-0.25, -0.2) is 8.57 Å². The van der Waals surface area contributed by atoms with Crippen molar-refractivity contribution in [1.82, 2.24) is 4.98 Å². The second-order valence-corrected chi connectivity index (χ2v) is 6.85. The fourth-order valence-electron chi connectivity index (χ4n) is 1.32. The minimum absolute atomic E-state index is 0.288. The summed E-state index contributed by atoms with van der Waals surface area (Å²) in [5, 5.41) is -0.334. The number of alkyl halides is 2. The first-order valence-corrected chi connectivity index (χ1v) is 7.10. The van der Waals surface area contributed by atoms with Crippen LogP contribution in [-0.4, -0.2) is 22.5 Å². The maximum atomic E-state index is 12.9. The van der Waals surface area contributed by atoms with Crippen molar-refractivity contribution in [2.24, 2.45) is 4.36 Å². The van der Waals surface area contributed by atoms with Crippen LogP contribution in [0, 0.1) is 0 Å². The van der Waals surface area contributed by atoms with Crippen LogP contribution in [0.3, 0.4) is 0 Å². The zero-order valence-electron chi connectivity index (χ0n) is 10.3. The van der Waals surface area contributed by atoms with Crippen LogP contribution in [0.1, 0.15) is 30.4 Å². The highest BCUT2D eigenvalue weighted by molar-refractivity contribution is 7.93. The molecule has 1 aromatic rings. The minimum Gasteiger partial charge on any atom is -0.255 e. The molecule has 0 amide bonds. The number of hydrogen-bond acceptors (Lipinski definition) is 3. The second kappa shape index (κ2) is 4.68. The molecule has 1 heterocycles. The molecule has 1 aromatic heterocycles. The summed E-state index contributed by atoms with van der Waals surface area (Å²) in [5.41, 5.74) is 0.362. The van der Waals surface area contributed by atoms with Crippen LogP contribution < -0.4 is 0 Å². The molecule has 2 unspecified atom stereocenters. The quantitative estimate of drug-likeness (QED) is 0.840. The van der Waals surface area contributed by atoms with Crippen molar-refractivity contribution in [3.8, 4) is 0 Å². The summed E-state index contributed by atoms with van der Waals surface area (Å²) in [5.74, 6) is -2.95. The highest BCUT2D eigenvalue weighted by atomic mass is 32.2. The largest absolute Gasteiger partial charge is 0.286 e. The summed E-state index contributed by atoms with van der Waals surface area (Å²) in [7, 11) is -0.865. The van der Waals surface area contributed by atoms with Gasteiger partial charge in [-0.05, 0) is 18.6 Å². The summed E-state index contributed by atoms with van der Waals surface area (Å²) in [4.78, 5) is 3.70. The Morgan fingerprint density at radius 3 is 2.41 bits per heavy atom. The Hall–Kier alpha value is -1.04. The first kappa shape index (κ1) is 14.0. The van der Waals surface area contributed by atoms with E-state index in [9.17, 15) is 13.0 Å². The smallest absolute Gasteiger partial charge is 0.255 e. The summed E-state index contributed by atoms with van der Waals surface area (Å²) >= 11 is 0. The number of hydrogen-bond donors (Lipinski definition) is 0. The fraction of sp³-hybridized carbons (Fsp3) is 0.545. The van der Waals surface area contributed by atoms with E-state index < -0.39 is 15.7 Å². The van der Waals surface area contributed by atoms with Crippen molar-refractivity contribution >= 4 is 9.73 Å². The molecular formula is C11H16F2N2OS. The van der Waals surface area contributed by atoms with Gasteiger partial charge in [0.25, 0.3) is 5.92 Å². The summed E-state index contributed by atoms with van der Waals surface area (Å²) in [6.07, 6.45) is 2.88. The molecule has 0 N–H and O–H groups in total. The minimum atomic E-state index is -2.95. The van der Waals surface area contributed by atoms with Crippen LogP contribution in [0.2, 0.25) is 0 Å². The number of halogens is 2. The number of pyridine rings is 1. The van der Waals surface area contributed by atoms with Gasteiger partial charge in [-0.2, -0.15) is 8.78 Å². The van der Waals surface area contributed by atoms with Gasteiger partial charge in [0.2, 0.25) is 0 Å². The Labute approximate surface area is 100 Å². The zero-order chi connectivity index (χ0) is 13.3. The van der Waals surface area contributed by atoms with Crippen molar-refractivity contribution in [1.29, 1.82) is 0 Å². The standard InChI is InChI=1S/C11H16F2N2OS/c1-8(17(4,16)14-3)9-5-6-10(15-7-9)11(2,12)13/h5-8H,1-4H3. The summed E-state index contributed by atoms with van der Waals surface area (Å²) < 4.78 is 41.7. The molecule has 6 heteroatoms. The molecule has 0 saturated carbocycles. The maximum Gasteiger partial charge on any atom is 0.286 e. The first-order chi connectivity index (χ1) is 7.68. The van der Waals surface area contributed by atoms with Gasteiger partial charge in [0.1, 0.15) is 5.69 Å². The monoisotopic (exact) mass is 262 g/mol. The number of nitrogens with zero attached hydrogens (tertiary/aromatic N) is 2. The Kier molecular flexibility index (Phi) is 3.86. The van der Waals surface area contributed by atoms with Gasteiger partial charge in [-0.15, -0.1) is 0 Å². The van der Waals surface area contributed by atoms with E-state index in [4.69, 9.17) is 0 Å². The molecule has 0 spiro atoms. The highest BCUT2D eigenvalue weighted by Gasteiger charge is 2.26. The predicted molar refractivity (Wildman–Crippen MR) is 64.6 cm³/mol. The predicted octanol–water partition coefficient (Wildman–Crippen LogP) is 2.98. The second-order valence-electron chi connectivity index (χ2n) is 4.05. The van der Waals surface area contributed by atoms with Crippen LogP contribution in [-0.2, 0) is 15.7 Å². The molecule has 0 fully saturated rings. The van der Waals surface area contributed by atoms with E-state index in [-0.39, 0.29) is 10.9 Å². The molecule has 0 bridgehead atoms. The van der Waals surface area contributed by atoms with Gasteiger partial charge < -0.3 is 0 Å². The Morgan fingerprint density at radius 2 is 2.06 bits per heavy atom. The topological polar surface area (TPSA) is 42.3 Å². The molecule has 3 nitrogen and oxygen atoms in total. The van der Waals surface area contributed by atoms with Crippen LogP contribution in [0.25, 0.3) is 0 Å². The van der Waals surface area contributed by atoms with Crippen LogP contribution in [0.15, 0.2) is 22.7 Å². The molecular weight excluding hydrogens is 246 g/mol. The lowest BCUT2D eigenvalue weighted by Gasteiger charge is -2.15. The molecule has 0 aliphatic rings. The SMILES string of the molecule is CN=S(C)(=O)C(C)c1ccc(C(C)(F)F)nc1. The summed E-state index contributed by atoms with van der Waals surface area (Å²) in [6, 6.07) is 2.79. The average Bonchev–Trinajstić information content (AvgIpc) is 2.27. The molecule has 0 saturated heterocycles. The van der Waals surface area contributed by atoms with Crippen LogP contribution >= 0.6 is 0 Å². The third-order valence-electron chi connectivity index (χ3n) is 2.72. The molecule has 1 rings (SSSR count). The van der Waals surface area contributed by atoms with Crippen molar-refractivity contribution in [2.45, 2.75) is 25.0 Å².